The molecule has 0 aromatic heterocycles. The highest BCUT2D eigenvalue weighted by Gasteiger charge is 2.14. The molecule has 0 amide bonds. The first-order valence-electron chi connectivity index (χ1n) is 3.72. The normalized spacial score (nSPS) is 26.9. The zero-order valence-corrected chi connectivity index (χ0v) is 6.18. The van der Waals surface area contributed by atoms with Gasteiger partial charge in [0, 0.05) is 6.61 Å². The van der Waals surface area contributed by atoms with Gasteiger partial charge in [-0.05, 0) is 19.3 Å². The van der Waals surface area contributed by atoms with E-state index in [2.05, 4.69) is 6.58 Å². The van der Waals surface area contributed by atoms with Crippen LogP contribution in [-0.2, 0) is 4.74 Å². The predicted octanol–water partition coefficient (Wildman–Crippen LogP) is 1.10. The molecule has 1 N–H and O–H groups in total. The van der Waals surface area contributed by atoms with E-state index in [-0.39, 0.29) is 12.7 Å². The SMILES string of the molecule is C=C1CCOC(CCO)C1. The van der Waals surface area contributed by atoms with Crippen LogP contribution in [0.2, 0.25) is 0 Å². The fourth-order valence-electron chi connectivity index (χ4n) is 1.18. The number of hydrogen-bond donors (Lipinski definition) is 1. The minimum Gasteiger partial charge on any atom is -0.396 e. The lowest BCUT2D eigenvalue weighted by molar-refractivity contribution is 0.0204. The van der Waals surface area contributed by atoms with Gasteiger partial charge in [-0.1, -0.05) is 12.2 Å². The van der Waals surface area contributed by atoms with Crippen molar-refractivity contribution in [2.45, 2.75) is 25.4 Å². The molecule has 1 saturated heterocycles. The second-order valence-electron chi connectivity index (χ2n) is 2.71. The van der Waals surface area contributed by atoms with Crippen LogP contribution in [0.15, 0.2) is 12.2 Å². The molecule has 2 heteroatoms. The van der Waals surface area contributed by atoms with E-state index < -0.39 is 0 Å². The molecule has 0 radical (unpaired) electrons. The zero-order chi connectivity index (χ0) is 7.40. The van der Waals surface area contributed by atoms with Crippen LogP contribution in [0.5, 0.6) is 0 Å². The first-order chi connectivity index (χ1) is 4.83. The van der Waals surface area contributed by atoms with E-state index in [4.69, 9.17) is 9.84 Å². The fourth-order valence-corrected chi connectivity index (χ4v) is 1.18. The topological polar surface area (TPSA) is 29.5 Å². The third-order valence-electron chi connectivity index (χ3n) is 1.78. The van der Waals surface area contributed by atoms with E-state index in [1.807, 2.05) is 0 Å². The van der Waals surface area contributed by atoms with Crippen molar-refractivity contribution in [1.82, 2.24) is 0 Å². The van der Waals surface area contributed by atoms with Crippen LogP contribution in [0.25, 0.3) is 0 Å². The molecule has 0 spiro atoms. The summed E-state index contributed by atoms with van der Waals surface area (Å²) in [5.74, 6) is 0. The first-order valence-corrected chi connectivity index (χ1v) is 3.72. The Morgan fingerprint density at radius 1 is 1.70 bits per heavy atom. The van der Waals surface area contributed by atoms with E-state index in [0.29, 0.717) is 0 Å². The monoisotopic (exact) mass is 142 g/mol. The maximum atomic E-state index is 8.60. The Morgan fingerprint density at radius 2 is 2.50 bits per heavy atom. The Labute approximate surface area is 61.5 Å². The number of hydrogen-bond acceptors (Lipinski definition) is 2. The summed E-state index contributed by atoms with van der Waals surface area (Å²) in [6.45, 7) is 4.89. The fraction of sp³-hybridized carbons (Fsp3) is 0.750. The van der Waals surface area contributed by atoms with Crippen molar-refractivity contribution in [3.05, 3.63) is 12.2 Å². The second-order valence-corrected chi connectivity index (χ2v) is 2.71. The maximum Gasteiger partial charge on any atom is 0.0634 e. The third kappa shape index (κ3) is 2.12. The Balaban J connectivity index is 2.25. The van der Waals surface area contributed by atoms with Crippen molar-refractivity contribution in [2.24, 2.45) is 0 Å². The summed E-state index contributed by atoms with van der Waals surface area (Å²) in [4.78, 5) is 0. The van der Waals surface area contributed by atoms with Crippen LogP contribution in [0.1, 0.15) is 19.3 Å². The van der Waals surface area contributed by atoms with Crippen LogP contribution < -0.4 is 0 Å². The third-order valence-corrected chi connectivity index (χ3v) is 1.78. The summed E-state index contributed by atoms with van der Waals surface area (Å²) in [7, 11) is 0. The van der Waals surface area contributed by atoms with Gasteiger partial charge in [0.05, 0.1) is 12.7 Å². The van der Waals surface area contributed by atoms with Gasteiger partial charge in [-0.2, -0.15) is 0 Å². The van der Waals surface area contributed by atoms with Crippen LogP contribution >= 0.6 is 0 Å². The minimum absolute atomic E-state index is 0.220. The number of rotatable bonds is 2. The lowest BCUT2D eigenvalue weighted by atomic mass is 10.0. The summed E-state index contributed by atoms with van der Waals surface area (Å²) >= 11 is 0. The molecular weight excluding hydrogens is 128 g/mol. The van der Waals surface area contributed by atoms with E-state index >= 15 is 0 Å². The maximum absolute atomic E-state index is 8.60. The molecule has 10 heavy (non-hydrogen) atoms. The van der Waals surface area contributed by atoms with Gasteiger partial charge in [-0.25, -0.2) is 0 Å². The van der Waals surface area contributed by atoms with Gasteiger partial charge >= 0.3 is 0 Å². The molecule has 1 aliphatic heterocycles. The van der Waals surface area contributed by atoms with Crippen LogP contribution in [0.4, 0.5) is 0 Å². The molecule has 1 aliphatic rings. The van der Waals surface area contributed by atoms with E-state index in [0.717, 1.165) is 25.9 Å². The Bertz CT molecular complexity index is 118. The number of aliphatic hydroxyl groups excluding tert-OH is 1. The number of ether oxygens (including phenoxy) is 1. The Morgan fingerprint density at radius 3 is 3.10 bits per heavy atom. The molecule has 0 aromatic rings. The predicted molar refractivity (Wildman–Crippen MR) is 39.8 cm³/mol. The highest BCUT2D eigenvalue weighted by atomic mass is 16.5. The molecule has 1 heterocycles. The summed E-state index contributed by atoms with van der Waals surface area (Å²) in [6, 6.07) is 0. The molecule has 0 aromatic carbocycles. The molecule has 1 unspecified atom stereocenters. The lowest BCUT2D eigenvalue weighted by Gasteiger charge is -2.23. The van der Waals surface area contributed by atoms with E-state index in [9.17, 15) is 0 Å². The highest BCUT2D eigenvalue weighted by Crippen LogP contribution is 2.18. The van der Waals surface area contributed by atoms with Crippen molar-refractivity contribution in [3.8, 4) is 0 Å². The van der Waals surface area contributed by atoms with Crippen LogP contribution in [0.3, 0.4) is 0 Å². The lowest BCUT2D eigenvalue weighted by Crippen LogP contribution is -2.21. The van der Waals surface area contributed by atoms with Crippen molar-refractivity contribution >= 4 is 0 Å². The molecule has 0 aliphatic carbocycles. The molecule has 2 nitrogen and oxygen atoms in total. The molecule has 1 fully saturated rings. The summed E-state index contributed by atoms with van der Waals surface area (Å²) in [6.07, 6.45) is 2.90. The van der Waals surface area contributed by atoms with E-state index in [1.165, 1.54) is 5.57 Å². The second kappa shape index (κ2) is 3.74. The molecule has 0 saturated carbocycles. The largest absolute Gasteiger partial charge is 0.396 e. The van der Waals surface area contributed by atoms with Gasteiger partial charge in [0.25, 0.3) is 0 Å². The molecule has 1 rings (SSSR count). The van der Waals surface area contributed by atoms with Crippen molar-refractivity contribution < 1.29 is 9.84 Å². The van der Waals surface area contributed by atoms with Gasteiger partial charge in [-0.3, -0.25) is 0 Å². The quantitative estimate of drug-likeness (QED) is 0.585. The number of aliphatic hydroxyl groups is 1. The summed E-state index contributed by atoms with van der Waals surface area (Å²) in [5.41, 5.74) is 1.25. The van der Waals surface area contributed by atoms with Gasteiger partial charge in [-0.15, -0.1) is 0 Å². The smallest absolute Gasteiger partial charge is 0.0634 e. The first kappa shape index (κ1) is 7.76. The summed E-state index contributed by atoms with van der Waals surface area (Å²) in [5, 5.41) is 8.60. The molecule has 0 bridgehead atoms. The highest BCUT2D eigenvalue weighted by molar-refractivity contribution is 4.98. The van der Waals surface area contributed by atoms with Gasteiger partial charge < -0.3 is 9.84 Å². The van der Waals surface area contributed by atoms with Gasteiger partial charge in [0.2, 0.25) is 0 Å². The Hall–Kier alpha value is -0.340. The van der Waals surface area contributed by atoms with Crippen LogP contribution in [0, 0.1) is 0 Å². The van der Waals surface area contributed by atoms with Crippen LogP contribution in [-0.4, -0.2) is 24.4 Å². The minimum atomic E-state index is 0.220. The average molecular weight is 142 g/mol. The standard InChI is InChI=1S/C8H14O2/c1-7-3-5-10-8(6-7)2-4-9/h8-9H,1-6H2. The Kier molecular flexibility index (Phi) is 2.90. The average Bonchev–Trinajstić information content (AvgIpc) is 1.88. The molecule has 58 valence electrons. The van der Waals surface area contributed by atoms with Gasteiger partial charge in [0.1, 0.15) is 0 Å². The van der Waals surface area contributed by atoms with Crippen molar-refractivity contribution in [1.29, 1.82) is 0 Å². The molecule has 1 atom stereocenters. The van der Waals surface area contributed by atoms with Gasteiger partial charge in [0.15, 0.2) is 0 Å². The summed E-state index contributed by atoms with van der Waals surface area (Å²) < 4.78 is 5.37. The van der Waals surface area contributed by atoms with Crippen molar-refractivity contribution in [3.63, 3.8) is 0 Å². The molecular formula is C8H14O2. The van der Waals surface area contributed by atoms with E-state index in [1.54, 1.807) is 0 Å². The zero-order valence-electron chi connectivity index (χ0n) is 6.18. The van der Waals surface area contributed by atoms with Crippen molar-refractivity contribution in [2.75, 3.05) is 13.2 Å².